The Hall–Kier alpha value is -3.74. The molecule has 1 heterocycles. The maximum atomic E-state index is 12.0. The van der Waals surface area contributed by atoms with Gasteiger partial charge < -0.3 is 4.42 Å². The van der Waals surface area contributed by atoms with Crippen LogP contribution >= 0.6 is 0 Å². The highest BCUT2D eigenvalue weighted by Crippen LogP contribution is 2.24. The smallest absolute Gasteiger partial charge is 0.307 e. The molecule has 1 aromatic heterocycles. The summed E-state index contributed by atoms with van der Waals surface area (Å²) in [6.45, 7) is 0. The molecule has 1 N–H and O–H groups in total. The van der Waals surface area contributed by atoms with Crippen molar-refractivity contribution in [2.24, 2.45) is 5.10 Å². The van der Waals surface area contributed by atoms with Gasteiger partial charge in [0, 0.05) is 17.7 Å². The van der Waals surface area contributed by atoms with Crippen molar-refractivity contribution in [2.75, 3.05) is 0 Å². The van der Waals surface area contributed by atoms with Gasteiger partial charge in [0.05, 0.1) is 11.1 Å². The van der Waals surface area contributed by atoms with Gasteiger partial charge >= 0.3 is 5.91 Å². The summed E-state index contributed by atoms with van der Waals surface area (Å²) in [6, 6.07) is 18.4. The minimum absolute atomic E-state index is 0.0106. The number of hydrazone groups is 1. The average molecular weight is 335 g/mol. The van der Waals surface area contributed by atoms with Gasteiger partial charge in [-0.2, -0.15) is 5.10 Å². The highest BCUT2D eigenvalue weighted by atomic mass is 16.6. The van der Waals surface area contributed by atoms with Crippen molar-refractivity contribution in [3.05, 3.63) is 88.2 Å². The van der Waals surface area contributed by atoms with Gasteiger partial charge in [-0.05, 0) is 29.8 Å². The predicted octanol–water partition coefficient (Wildman–Crippen LogP) is 3.62. The van der Waals surface area contributed by atoms with Gasteiger partial charge in [0.1, 0.15) is 5.76 Å². The number of carbonyl (C=O) groups is 1. The number of hydrogen-bond acceptors (Lipinski definition) is 5. The first-order valence-electron chi connectivity index (χ1n) is 7.36. The summed E-state index contributed by atoms with van der Waals surface area (Å²) in [4.78, 5) is 22.2. The molecule has 0 saturated heterocycles. The Morgan fingerprint density at radius 2 is 1.76 bits per heavy atom. The van der Waals surface area contributed by atoms with Crippen LogP contribution < -0.4 is 5.43 Å². The van der Waals surface area contributed by atoms with E-state index in [1.807, 2.05) is 30.3 Å². The van der Waals surface area contributed by atoms with Crippen LogP contribution in [0.3, 0.4) is 0 Å². The lowest BCUT2D eigenvalue weighted by atomic mass is 10.1. The fourth-order valence-corrected chi connectivity index (χ4v) is 2.12. The summed E-state index contributed by atoms with van der Waals surface area (Å²) in [5.41, 5.74) is 3.86. The number of furan rings is 1. The van der Waals surface area contributed by atoms with E-state index in [4.69, 9.17) is 4.42 Å². The maximum Gasteiger partial charge on any atom is 0.307 e. The molecule has 124 valence electrons. The van der Waals surface area contributed by atoms with Crippen molar-refractivity contribution in [3.63, 3.8) is 0 Å². The van der Waals surface area contributed by atoms with E-state index >= 15 is 0 Å². The molecule has 0 radical (unpaired) electrons. The molecule has 0 aliphatic carbocycles. The van der Waals surface area contributed by atoms with E-state index in [9.17, 15) is 14.9 Å². The molecule has 7 heteroatoms. The second kappa shape index (κ2) is 7.22. The number of benzene rings is 2. The van der Waals surface area contributed by atoms with Crippen LogP contribution in [0.5, 0.6) is 0 Å². The standard InChI is InChI=1S/C18H13N3O4/c22-18(20-19-12-13-4-2-1-3-5-13)17-11-10-16(25-17)14-6-8-15(9-7-14)21(23)24/h1-12H,(H,20,22)/b19-12+. The van der Waals surface area contributed by atoms with Crippen LogP contribution in [0.1, 0.15) is 16.1 Å². The number of rotatable bonds is 5. The third-order valence-corrected chi connectivity index (χ3v) is 3.37. The van der Waals surface area contributed by atoms with Crippen LogP contribution in [0.2, 0.25) is 0 Å². The fourth-order valence-electron chi connectivity index (χ4n) is 2.12. The Morgan fingerprint density at radius 3 is 2.44 bits per heavy atom. The number of nitro groups is 1. The van der Waals surface area contributed by atoms with Crippen LogP contribution in [-0.2, 0) is 0 Å². The molecule has 0 unspecified atom stereocenters. The molecular weight excluding hydrogens is 322 g/mol. The Labute approximate surface area is 142 Å². The fraction of sp³-hybridized carbons (Fsp3) is 0. The Balaban J connectivity index is 1.67. The van der Waals surface area contributed by atoms with Crippen LogP contribution in [0.4, 0.5) is 5.69 Å². The molecule has 25 heavy (non-hydrogen) atoms. The van der Waals surface area contributed by atoms with Crippen molar-refractivity contribution in [3.8, 4) is 11.3 Å². The molecule has 0 aliphatic heterocycles. The summed E-state index contributed by atoms with van der Waals surface area (Å²) in [6.07, 6.45) is 1.53. The van der Waals surface area contributed by atoms with Gasteiger partial charge in [0.25, 0.3) is 5.69 Å². The van der Waals surface area contributed by atoms with Gasteiger partial charge in [-0.25, -0.2) is 5.43 Å². The van der Waals surface area contributed by atoms with E-state index in [0.29, 0.717) is 11.3 Å². The number of nitro benzene ring substituents is 1. The average Bonchev–Trinajstić information content (AvgIpc) is 3.13. The zero-order chi connectivity index (χ0) is 17.6. The van der Waals surface area contributed by atoms with Crippen molar-refractivity contribution in [1.82, 2.24) is 5.43 Å². The Bertz CT molecular complexity index is 915. The van der Waals surface area contributed by atoms with Crippen LogP contribution in [0.15, 0.2) is 76.2 Å². The minimum atomic E-state index is -0.486. The second-order valence-electron chi connectivity index (χ2n) is 5.08. The molecule has 0 saturated carbocycles. The molecule has 0 aliphatic rings. The number of hydrogen-bond donors (Lipinski definition) is 1. The van der Waals surface area contributed by atoms with Gasteiger partial charge in [-0.3, -0.25) is 14.9 Å². The number of nitrogens with zero attached hydrogens (tertiary/aromatic N) is 2. The molecule has 1 amide bonds. The van der Waals surface area contributed by atoms with Gasteiger partial charge in [0.15, 0.2) is 5.76 Å². The normalized spacial score (nSPS) is 10.7. The Kier molecular flexibility index (Phi) is 4.66. The first-order valence-corrected chi connectivity index (χ1v) is 7.36. The highest BCUT2D eigenvalue weighted by molar-refractivity contribution is 5.92. The Morgan fingerprint density at radius 1 is 1.04 bits per heavy atom. The van der Waals surface area contributed by atoms with Crippen molar-refractivity contribution in [1.29, 1.82) is 0 Å². The van der Waals surface area contributed by atoms with Gasteiger partial charge in [-0.1, -0.05) is 30.3 Å². The maximum absolute atomic E-state index is 12.0. The third-order valence-electron chi connectivity index (χ3n) is 3.37. The molecule has 7 nitrogen and oxygen atoms in total. The number of carbonyl (C=O) groups excluding carboxylic acids is 1. The lowest BCUT2D eigenvalue weighted by Crippen LogP contribution is -2.16. The molecule has 0 atom stereocenters. The second-order valence-corrected chi connectivity index (χ2v) is 5.08. The van der Waals surface area contributed by atoms with Crippen LogP contribution in [-0.4, -0.2) is 17.0 Å². The quantitative estimate of drug-likeness (QED) is 0.437. The van der Waals surface area contributed by atoms with Crippen molar-refractivity contribution in [2.45, 2.75) is 0 Å². The number of non-ortho nitro benzene ring substituents is 1. The van der Waals surface area contributed by atoms with E-state index < -0.39 is 10.8 Å². The summed E-state index contributed by atoms with van der Waals surface area (Å²) in [5.74, 6) is 0.0472. The molecule has 3 rings (SSSR count). The molecule has 3 aromatic rings. The largest absolute Gasteiger partial charge is 0.451 e. The van der Waals surface area contributed by atoms with Gasteiger partial charge in [0.2, 0.25) is 0 Å². The summed E-state index contributed by atoms with van der Waals surface area (Å²) in [7, 11) is 0. The van der Waals surface area contributed by atoms with E-state index in [-0.39, 0.29) is 11.4 Å². The van der Waals surface area contributed by atoms with E-state index in [2.05, 4.69) is 10.5 Å². The first-order chi connectivity index (χ1) is 12.1. The van der Waals surface area contributed by atoms with E-state index in [1.165, 1.54) is 24.4 Å². The lowest BCUT2D eigenvalue weighted by Gasteiger charge is -1.98. The first kappa shape index (κ1) is 16.1. The molecular formula is C18H13N3O4. The van der Waals surface area contributed by atoms with Crippen molar-refractivity contribution >= 4 is 17.8 Å². The molecule has 0 bridgehead atoms. The van der Waals surface area contributed by atoms with E-state index in [1.54, 1.807) is 18.2 Å². The lowest BCUT2D eigenvalue weighted by molar-refractivity contribution is -0.384. The highest BCUT2D eigenvalue weighted by Gasteiger charge is 2.12. The SMILES string of the molecule is O=C(N/N=C/c1ccccc1)c1ccc(-c2ccc([N+](=O)[O-])cc2)o1. The molecule has 0 fully saturated rings. The minimum Gasteiger partial charge on any atom is -0.451 e. The third kappa shape index (κ3) is 3.97. The van der Waals surface area contributed by atoms with Crippen LogP contribution in [0, 0.1) is 10.1 Å². The van der Waals surface area contributed by atoms with E-state index in [0.717, 1.165) is 5.56 Å². The number of nitrogens with one attached hydrogen (secondary N) is 1. The summed E-state index contributed by atoms with van der Waals surface area (Å²) in [5, 5.41) is 14.5. The summed E-state index contributed by atoms with van der Waals surface area (Å²) >= 11 is 0. The van der Waals surface area contributed by atoms with Crippen molar-refractivity contribution < 1.29 is 14.1 Å². The monoisotopic (exact) mass is 335 g/mol. The summed E-state index contributed by atoms with van der Waals surface area (Å²) < 4.78 is 5.48. The molecule has 0 spiro atoms. The molecule has 2 aromatic carbocycles. The predicted molar refractivity (Wildman–Crippen MR) is 92.3 cm³/mol. The zero-order valence-corrected chi connectivity index (χ0v) is 13.0. The van der Waals surface area contributed by atoms with Crippen LogP contribution in [0.25, 0.3) is 11.3 Å². The topological polar surface area (TPSA) is 97.7 Å². The zero-order valence-electron chi connectivity index (χ0n) is 13.0. The number of amides is 1. The van der Waals surface area contributed by atoms with Gasteiger partial charge in [-0.15, -0.1) is 0 Å².